The van der Waals surface area contributed by atoms with Gasteiger partial charge in [-0.05, 0) is 38.2 Å². The Bertz CT molecular complexity index is 1200. The quantitative estimate of drug-likeness (QED) is 0.647. The minimum Gasteiger partial charge on any atom is -0.272 e. The average molecular weight is 424 g/mol. The fourth-order valence-electron chi connectivity index (χ4n) is 4.83. The van der Waals surface area contributed by atoms with Crippen LogP contribution in [-0.4, -0.2) is 45.6 Å². The van der Waals surface area contributed by atoms with E-state index in [9.17, 15) is 8.42 Å². The molecule has 1 aliphatic carbocycles. The number of aromatic nitrogens is 4. The smallest absolute Gasteiger partial charge is 0.246 e. The number of benzene rings is 1. The minimum absolute atomic E-state index is 0.247. The Kier molecular flexibility index (Phi) is 4.52. The normalized spacial score (nSPS) is 21.8. The monoisotopic (exact) mass is 423 g/mol. The molecule has 0 N–H and O–H groups in total. The Morgan fingerprint density at radius 2 is 1.90 bits per heavy atom. The third-order valence-electron chi connectivity index (χ3n) is 6.62. The number of hydrogen-bond acceptors (Lipinski definition) is 5. The van der Waals surface area contributed by atoms with Crippen LogP contribution in [0.4, 0.5) is 0 Å². The summed E-state index contributed by atoms with van der Waals surface area (Å²) in [5, 5.41) is 4.14. The highest BCUT2D eigenvalue weighted by Gasteiger charge is 2.46. The molecule has 0 bridgehead atoms. The molecule has 156 valence electrons. The topological polar surface area (TPSA) is 81.0 Å². The van der Waals surface area contributed by atoms with Gasteiger partial charge in [-0.3, -0.25) is 4.68 Å². The van der Waals surface area contributed by atoms with Crippen molar-refractivity contribution < 1.29 is 8.42 Å². The van der Waals surface area contributed by atoms with Crippen molar-refractivity contribution in [3.05, 3.63) is 59.7 Å². The molecule has 0 radical (unpaired) electrons. The molecule has 5 rings (SSSR count). The summed E-state index contributed by atoms with van der Waals surface area (Å²) in [4.78, 5) is 9.84. The van der Waals surface area contributed by atoms with Crippen molar-refractivity contribution in [1.29, 1.82) is 0 Å². The van der Waals surface area contributed by atoms with Gasteiger partial charge in [0.25, 0.3) is 0 Å². The predicted molar refractivity (Wildman–Crippen MR) is 113 cm³/mol. The molecule has 2 aliphatic rings. The highest BCUT2D eigenvalue weighted by atomic mass is 32.2. The summed E-state index contributed by atoms with van der Waals surface area (Å²) in [6.07, 6.45) is 6.96. The van der Waals surface area contributed by atoms with Gasteiger partial charge in [0.2, 0.25) is 10.0 Å². The molecule has 1 saturated heterocycles. The largest absolute Gasteiger partial charge is 0.272 e. The number of hydrogen-bond donors (Lipinski definition) is 0. The Morgan fingerprint density at radius 1 is 1.10 bits per heavy atom. The number of fused-ring (bicyclic) bond motifs is 2. The van der Waals surface area contributed by atoms with Crippen molar-refractivity contribution in [3.8, 4) is 11.4 Å². The second-order valence-corrected chi connectivity index (χ2v) is 10.3. The number of aryl methyl sites for hydroxylation is 2. The lowest BCUT2D eigenvalue weighted by Gasteiger charge is -2.39. The van der Waals surface area contributed by atoms with Gasteiger partial charge in [-0.1, -0.05) is 30.3 Å². The molecule has 3 heterocycles. The summed E-state index contributed by atoms with van der Waals surface area (Å²) in [7, 11) is -1.83. The molecule has 30 heavy (non-hydrogen) atoms. The fourth-order valence-corrected chi connectivity index (χ4v) is 6.58. The fraction of sp³-hybridized carbons (Fsp3) is 0.409. The van der Waals surface area contributed by atoms with E-state index < -0.39 is 10.0 Å². The zero-order valence-corrected chi connectivity index (χ0v) is 18.1. The summed E-state index contributed by atoms with van der Waals surface area (Å²) in [6, 6.07) is 9.95. The number of rotatable bonds is 3. The van der Waals surface area contributed by atoms with Gasteiger partial charge in [0.15, 0.2) is 5.82 Å². The highest BCUT2D eigenvalue weighted by molar-refractivity contribution is 7.89. The van der Waals surface area contributed by atoms with Crippen LogP contribution < -0.4 is 0 Å². The van der Waals surface area contributed by atoms with Crippen LogP contribution in [0.1, 0.15) is 36.2 Å². The van der Waals surface area contributed by atoms with Gasteiger partial charge < -0.3 is 0 Å². The van der Waals surface area contributed by atoms with Gasteiger partial charge in [0.1, 0.15) is 4.90 Å². The van der Waals surface area contributed by atoms with Crippen molar-refractivity contribution in [3.63, 3.8) is 0 Å². The summed E-state index contributed by atoms with van der Waals surface area (Å²) in [5.74, 6) is 0.707. The molecule has 1 atom stereocenters. The van der Waals surface area contributed by atoms with E-state index in [1.807, 2.05) is 36.5 Å². The van der Waals surface area contributed by atoms with E-state index in [1.165, 1.54) is 6.20 Å². The summed E-state index contributed by atoms with van der Waals surface area (Å²) in [5.41, 5.74) is 3.57. The molecular formula is C22H25N5O2S. The van der Waals surface area contributed by atoms with Crippen LogP contribution >= 0.6 is 0 Å². The van der Waals surface area contributed by atoms with E-state index in [2.05, 4.69) is 10.1 Å². The van der Waals surface area contributed by atoms with Crippen LogP contribution in [0, 0.1) is 6.92 Å². The zero-order chi connectivity index (χ0) is 20.9. The average Bonchev–Trinajstić information content (AvgIpc) is 3.29. The number of sulfonamides is 1. The maximum atomic E-state index is 13.4. The molecule has 1 aromatic carbocycles. The molecule has 1 unspecified atom stereocenters. The first-order chi connectivity index (χ1) is 14.4. The Balaban J connectivity index is 1.52. The number of piperidine rings is 1. The molecule has 1 aliphatic heterocycles. The molecule has 1 spiro atoms. The molecule has 1 fully saturated rings. The molecule has 3 aromatic rings. The maximum Gasteiger partial charge on any atom is 0.246 e. The van der Waals surface area contributed by atoms with Crippen molar-refractivity contribution in [2.75, 3.05) is 13.1 Å². The molecule has 0 amide bonds. The van der Waals surface area contributed by atoms with Gasteiger partial charge in [0, 0.05) is 37.3 Å². The summed E-state index contributed by atoms with van der Waals surface area (Å²) >= 11 is 0. The van der Waals surface area contributed by atoms with Crippen LogP contribution in [0.25, 0.3) is 11.4 Å². The minimum atomic E-state index is -3.59. The van der Waals surface area contributed by atoms with Gasteiger partial charge in [-0.25, -0.2) is 18.4 Å². The zero-order valence-electron chi connectivity index (χ0n) is 17.2. The molecule has 7 nitrogen and oxygen atoms in total. The SMILES string of the molecule is Cc1c(S(=O)(=O)N2CCCC3(CCc4cnc(-c5ccccc5)nc43)C2)cnn1C. The predicted octanol–water partition coefficient (Wildman–Crippen LogP) is 2.85. The standard InChI is InChI=1S/C22H25N5O2S/c1-16-19(14-24-26(16)2)30(28,29)27-12-6-10-22(15-27)11-9-18-13-23-21(25-20(18)22)17-7-4-3-5-8-17/h3-5,7-8,13-14H,6,9-12,15H2,1-2H3. The lowest BCUT2D eigenvalue weighted by Crippen LogP contribution is -2.48. The van der Waals surface area contributed by atoms with Crippen LogP contribution in [0.2, 0.25) is 0 Å². The van der Waals surface area contributed by atoms with Crippen LogP contribution in [0.3, 0.4) is 0 Å². The van der Waals surface area contributed by atoms with E-state index in [0.29, 0.717) is 29.5 Å². The maximum absolute atomic E-state index is 13.4. The van der Waals surface area contributed by atoms with Crippen molar-refractivity contribution >= 4 is 10.0 Å². The van der Waals surface area contributed by atoms with E-state index in [1.54, 1.807) is 23.0 Å². The number of nitrogens with zero attached hydrogens (tertiary/aromatic N) is 5. The van der Waals surface area contributed by atoms with Gasteiger partial charge in [0.05, 0.1) is 17.6 Å². The van der Waals surface area contributed by atoms with Crippen molar-refractivity contribution in [2.24, 2.45) is 7.05 Å². The second-order valence-electron chi connectivity index (χ2n) is 8.37. The molecule has 0 saturated carbocycles. The lowest BCUT2D eigenvalue weighted by molar-refractivity contribution is 0.219. The Hall–Kier alpha value is -2.58. The third-order valence-corrected chi connectivity index (χ3v) is 8.57. The van der Waals surface area contributed by atoms with Crippen LogP contribution in [-0.2, 0) is 28.9 Å². The summed E-state index contributed by atoms with van der Waals surface area (Å²) < 4.78 is 30.1. The summed E-state index contributed by atoms with van der Waals surface area (Å²) in [6.45, 7) is 2.79. The lowest BCUT2D eigenvalue weighted by atomic mass is 9.78. The van der Waals surface area contributed by atoms with Crippen molar-refractivity contribution in [2.45, 2.75) is 42.9 Å². The first kappa shape index (κ1) is 19.4. The van der Waals surface area contributed by atoms with Crippen molar-refractivity contribution in [1.82, 2.24) is 24.1 Å². The van der Waals surface area contributed by atoms with Gasteiger partial charge in [-0.2, -0.15) is 9.40 Å². The van der Waals surface area contributed by atoms with Gasteiger partial charge >= 0.3 is 0 Å². The van der Waals surface area contributed by atoms with Gasteiger partial charge in [-0.15, -0.1) is 0 Å². The third kappa shape index (κ3) is 2.97. The Labute approximate surface area is 176 Å². The van der Waals surface area contributed by atoms with E-state index >= 15 is 0 Å². The highest BCUT2D eigenvalue weighted by Crippen LogP contribution is 2.45. The first-order valence-electron chi connectivity index (χ1n) is 10.3. The van der Waals surface area contributed by atoms with E-state index in [-0.39, 0.29) is 5.41 Å². The van der Waals surface area contributed by atoms with E-state index in [4.69, 9.17) is 4.98 Å². The molecular weight excluding hydrogens is 398 g/mol. The second kappa shape index (κ2) is 6.99. The van der Waals surface area contributed by atoms with Crippen LogP contribution in [0.15, 0.2) is 47.6 Å². The first-order valence-corrected chi connectivity index (χ1v) is 11.8. The molecule has 8 heteroatoms. The van der Waals surface area contributed by atoms with E-state index in [0.717, 1.165) is 42.5 Å². The Morgan fingerprint density at radius 3 is 2.63 bits per heavy atom. The molecule has 2 aromatic heterocycles. The van der Waals surface area contributed by atoms with Crippen LogP contribution in [0.5, 0.6) is 0 Å².